The molecule has 2 heterocycles. The molecule has 6 nitrogen and oxygen atoms in total. The molecular weight excluding hydrogens is 396 g/mol. The molecule has 1 aromatic heterocycles. The van der Waals surface area contributed by atoms with Gasteiger partial charge in [0.05, 0.1) is 11.6 Å². The van der Waals surface area contributed by atoms with Crippen LogP contribution in [0, 0.1) is 24.2 Å². The van der Waals surface area contributed by atoms with E-state index in [9.17, 15) is 5.26 Å². The minimum atomic E-state index is 0.503. The molecule has 1 atom stereocenters. The van der Waals surface area contributed by atoms with Crippen molar-refractivity contribution in [2.75, 3.05) is 29.9 Å². The average Bonchev–Trinajstić information content (AvgIpc) is 2.79. The minimum Gasteiger partial charge on any atom is -0.355 e. The van der Waals surface area contributed by atoms with E-state index in [0.717, 1.165) is 67.6 Å². The van der Waals surface area contributed by atoms with Crippen molar-refractivity contribution in [3.05, 3.63) is 41.1 Å². The monoisotopic (exact) mass is 434 g/mol. The molecule has 1 aliphatic rings. The van der Waals surface area contributed by atoms with Crippen molar-refractivity contribution in [2.24, 2.45) is 5.92 Å². The van der Waals surface area contributed by atoms with Crippen LogP contribution in [0.3, 0.4) is 0 Å². The molecule has 0 bridgehead atoms. The molecule has 2 N–H and O–H groups in total. The number of anilines is 3. The van der Waals surface area contributed by atoms with E-state index < -0.39 is 0 Å². The summed E-state index contributed by atoms with van der Waals surface area (Å²) in [4.78, 5) is 12.1. The van der Waals surface area contributed by atoms with Gasteiger partial charge >= 0.3 is 0 Å². The lowest BCUT2D eigenvalue weighted by Gasteiger charge is -2.34. The number of nitrogens with one attached hydrogen (secondary N) is 2. The molecule has 1 fully saturated rings. The maximum Gasteiger partial charge on any atom is 0.229 e. The second-order valence-electron chi connectivity index (χ2n) is 9.33. The summed E-state index contributed by atoms with van der Waals surface area (Å²) in [5.74, 6) is 2.33. The number of hydrogen-bond acceptors (Lipinski definition) is 6. The first-order chi connectivity index (χ1) is 15.5. The van der Waals surface area contributed by atoms with Gasteiger partial charge < -0.3 is 15.5 Å². The van der Waals surface area contributed by atoms with Gasteiger partial charge in [0, 0.05) is 36.6 Å². The van der Waals surface area contributed by atoms with Gasteiger partial charge in [-0.2, -0.15) is 10.2 Å². The number of nitrogens with zero attached hydrogens (tertiary/aromatic N) is 4. The highest BCUT2D eigenvalue weighted by Crippen LogP contribution is 2.24. The highest BCUT2D eigenvalue weighted by molar-refractivity contribution is 5.59. The molecule has 3 rings (SSSR count). The fourth-order valence-corrected chi connectivity index (χ4v) is 4.06. The Balaban J connectivity index is 1.78. The number of nitriles is 1. The van der Waals surface area contributed by atoms with Gasteiger partial charge in [-0.05, 0) is 69.2 Å². The molecule has 0 unspecified atom stereocenters. The standard InChI is InChI=1S/C26H38N6/c1-5-6-8-22-16-25(32-14-7-9-24(18-32)28-13-12-19(2)3)31-26(29-22)30-23-11-10-20(4)21(15-23)17-27/h10-11,15-16,19,24,28H,5-9,12-14,18H2,1-4H3,(H,29,30,31)/t24-/m1/s1. The van der Waals surface area contributed by atoms with Gasteiger partial charge in [0.25, 0.3) is 0 Å². The molecule has 6 heteroatoms. The predicted molar refractivity (Wildman–Crippen MR) is 133 cm³/mol. The zero-order valence-electron chi connectivity index (χ0n) is 20.1. The van der Waals surface area contributed by atoms with E-state index in [1.54, 1.807) is 0 Å². The molecule has 32 heavy (non-hydrogen) atoms. The Labute approximate surface area is 193 Å². The van der Waals surface area contributed by atoms with Gasteiger partial charge in [-0.1, -0.05) is 33.3 Å². The second kappa shape index (κ2) is 11.8. The summed E-state index contributed by atoms with van der Waals surface area (Å²) in [5, 5.41) is 16.4. The van der Waals surface area contributed by atoms with E-state index in [2.05, 4.69) is 48.4 Å². The van der Waals surface area contributed by atoms with E-state index in [1.165, 1.54) is 19.3 Å². The average molecular weight is 435 g/mol. The van der Waals surface area contributed by atoms with Crippen LogP contribution in [0.15, 0.2) is 24.3 Å². The summed E-state index contributed by atoms with van der Waals surface area (Å²) in [7, 11) is 0. The molecule has 172 valence electrons. The topological polar surface area (TPSA) is 76.9 Å². The molecule has 0 amide bonds. The Hall–Kier alpha value is -2.65. The molecule has 0 radical (unpaired) electrons. The van der Waals surface area contributed by atoms with Gasteiger partial charge in [0.15, 0.2) is 0 Å². The van der Waals surface area contributed by atoms with Crippen LogP contribution in [0.25, 0.3) is 0 Å². The number of unbranched alkanes of at least 4 members (excludes halogenated alkanes) is 1. The number of hydrogen-bond donors (Lipinski definition) is 2. The smallest absolute Gasteiger partial charge is 0.229 e. The molecule has 0 aliphatic carbocycles. The van der Waals surface area contributed by atoms with Crippen molar-refractivity contribution in [1.82, 2.24) is 15.3 Å². The lowest BCUT2D eigenvalue weighted by molar-refractivity contribution is 0.404. The van der Waals surface area contributed by atoms with Crippen LogP contribution in [-0.4, -0.2) is 35.6 Å². The van der Waals surface area contributed by atoms with E-state index in [-0.39, 0.29) is 0 Å². The second-order valence-corrected chi connectivity index (χ2v) is 9.33. The number of piperidine rings is 1. The number of rotatable bonds is 10. The Morgan fingerprint density at radius 2 is 2.09 bits per heavy atom. The highest BCUT2D eigenvalue weighted by atomic mass is 15.2. The van der Waals surface area contributed by atoms with E-state index in [4.69, 9.17) is 9.97 Å². The quantitative estimate of drug-likeness (QED) is 0.525. The van der Waals surface area contributed by atoms with Crippen LogP contribution in [0.2, 0.25) is 0 Å². The van der Waals surface area contributed by atoms with Crippen LogP contribution in [0.1, 0.15) is 69.7 Å². The molecule has 0 saturated carbocycles. The number of aryl methyl sites for hydroxylation is 2. The Morgan fingerprint density at radius 1 is 1.25 bits per heavy atom. The van der Waals surface area contributed by atoms with Gasteiger partial charge in [0.2, 0.25) is 5.95 Å². The van der Waals surface area contributed by atoms with E-state index in [1.807, 2.05) is 25.1 Å². The van der Waals surface area contributed by atoms with Crippen molar-refractivity contribution in [1.29, 1.82) is 5.26 Å². The first kappa shape index (κ1) is 24.0. The number of benzene rings is 1. The fourth-order valence-electron chi connectivity index (χ4n) is 4.06. The summed E-state index contributed by atoms with van der Waals surface area (Å²) in [5.41, 5.74) is 3.56. The summed E-state index contributed by atoms with van der Waals surface area (Å²) in [6.45, 7) is 11.8. The summed E-state index contributed by atoms with van der Waals surface area (Å²) >= 11 is 0. The Kier molecular flexibility index (Phi) is 8.87. The van der Waals surface area contributed by atoms with Crippen LogP contribution < -0.4 is 15.5 Å². The van der Waals surface area contributed by atoms with Crippen molar-refractivity contribution < 1.29 is 0 Å². The van der Waals surface area contributed by atoms with Gasteiger partial charge in [-0.15, -0.1) is 0 Å². The Morgan fingerprint density at radius 3 is 2.84 bits per heavy atom. The van der Waals surface area contributed by atoms with Crippen molar-refractivity contribution in [3.63, 3.8) is 0 Å². The van der Waals surface area contributed by atoms with Gasteiger partial charge in [-0.25, -0.2) is 4.98 Å². The van der Waals surface area contributed by atoms with Gasteiger partial charge in [0.1, 0.15) is 5.82 Å². The number of aromatic nitrogens is 2. The van der Waals surface area contributed by atoms with E-state index in [0.29, 0.717) is 17.6 Å². The van der Waals surface area contributed by atoms with Gasteiger partial charge in [-0.3, -0.25) is 0 Å². The SMILES string of the molecule is CCCCc1cc(N2CCC[C@@H](NCCC(C)C)C2)nc(Nc2ccc(C)c(C#N)c2)n1. The summed E-state index contributed by atoms with van der Waals surface area (Å²) in [6.07, 6.45) is 6.78. The normalized spacial score (nSPS) is 16.2. The molecule has 1 aliphatic heterocycles. The first-order valence-corrected chi connectivity index (χ1v) is 12.1. The Bertz CT molecular complexity index is 917. The molecule has 1 aromatic carbocycles. The fraction of sp³-hybridized carbons (Fsp3) is 0.577. The maximum atomic E-state index is 9.36. The molecule has 2 aromatic rings. The van der Waals surface area contributed by atoms with Crippen LogP contribution >= 0.6 is 0 Å². The zero-order valence-corrected chi connectivity index (χ0v) is 20.1. The van der Waals surface area contributed by atoms with Crippen molar-refractivity contribution in [2.45, 2.75) is 72.3 Å². The minimum absolute atomic E-state index is 0.503. The third-order valence-corrected chi connectivity index (χ3v) is 6.07. The first-order valence-electron chi connectivity index (χ1n) is 12.1. The predicted octanol–water partition coefficient (Wildman–Crippen LogP) is 5.35. The van der Waals surface area contributed by atoms with E-state index >= 15 is 0 Å². The van der Waals surface area contributed by atoms with Crippen LogP contribution in [-0.2, 0) is 6.42 Å². The lowest BCUT2D eigenvalue weighted by atomic mass is 10.0. The molecule has 1 saturated heterocycles. The molecule has 0 spiro atoms. The van der Waals surface area contributed by atoms with Crippen molar-refractivity contribution >= 4 is 17.5 Å². The zero-order chi connectivity index (χ0) is 22.9. The third kappa shape index (κ3) is 6.93. The maximum absolute atomic E-state index is 9.36. The summed E-state index contributed by atoms with van der Waals surface area (Å²) < 4.78 is 0. The highest BCUT2D eigenvalue weighted by Gasteiger charge is 2.21. The summed E-state index contributed by atoms with van der Waals surface area (Å²) in [6, 6.07) is 10.7. The van der Waals surface area contributed by atoms with Crippen LogP contribution in [0.5, 0.6) is 0 Å². The lowest BCUT2D eigenvalue weighted by Crippen LogP contribution is -2.46. The molecular formula is C26H38N6. The van der Waals surface area contributed by atoms with Crippen molar-refractivity contribution in [3.8, 4) is 6.07 Å². The third-order valence-electron chi connectivity index (χ3n) is 6.07. The largest absolute Gasteiger partial charge is 0.355 e. The van der Waals surface area contributed by atoms with Crippen LogP contribution in [0.4, 0.5) is 17.5 Å².